The van der Waals surface area contributed by atoms with Crippen LogP contribution in [0.4, 0.5) is 5.69 Å². The smallest absolute Gasteiger partial charge is 0.0425 e. The minimum absolute atomic E-state index is 0.0636. The third-order valence-corrected chi connectivity index (χ3v) is 4.27. The van der Waals surface area contributed by atoms with E-state index in [1.807, 2.05) is 0 Å². The lowest BCUT2D eigenvalue weighted by molar-refractivity contribution is 0.534. The molecular formula is C18H31BrN2. The van der Waals surface area contributed by atoms with Crippen LogP contribution in [0.3, 0.4) is 0 Å². The first-order valence-electron chi connectivity index (χ1n) is 8.11. The number of nitrogens with two attached hydrogens (primary N) is 1. The Morgan fingerprint density at radius 3 is 1.95 bits per heavy atom. The molecule has 1 atom stereocenters. The number of hydrogen-bond acceptors (Lipinski definition) is 2. The van der Waals surface area contributed by atoms with E-state index in [4.69, 9.17) is 5.73 Å². The Morgan fingerprint density at radius 2 is 1.52 bits per heavy atom. The third kappa shape index (κ3) is 6.39. The van der Waals surface area contributed by atoms with Crippen molar-refractivity contribution >= 4 is 21.6 Å². The summed E-state index contributed by atoms with van der Waals surface area (Å²) in [6.07, 6.45) is 2.42. The molecule has 120 valence electrons. The number of nitrogens with zero attached hydrogens (tertiary/aromatic N) is 1. The van der Waals surface area contributed by atoms with Crippen molar-refractivity contribution in [2.45, 2.75) is 53.5 Å². The van der Waals surface area contributed by atoms with Gasteiger partial charge in [0.2, 0.25) is 0 Å². The van der Waals surface area contributed by atoms with Gasteiger partial charge in [0.15, 0.2) is 0 Å². The van der Waals surface area contributed by atoms with Gasteiger partial charge in [0.05, 0.1) is 0 Å². The second kappa shape index (κ2) is 8.79. The predicted octanol–water partition coefficient (Wildman–Crippen LogP) is 5.37. The van der Waals surface area contributed by atoms with Crippen molar-refractivity contribution in [3.8, 4) is 0 Å². The average molecular weight is 355 g/mol. The maximum absolute atomic E-state index is 6.17. The Kier molecular flexibility index (Phi) is 7.75. The van der Waals surface area contributed by atoms with Crippen LogP contribution in [0, 0.1) is 11.8 Å². The number of anilines is 1. The molecule has 0 aromatic heterocycles. The van der Waals surface area contributed by atoms with Gasteiger partial charge in [-0.3, -0.25) is 0 Å². The van der Waals surface area contributed by atoms with Gasteiger partial charge in [-0.1, -0.05) is 49.7 Å². The highest BCUT2D eigenvalue weighted by molar-refractivity contribution is 9.10. The van der Waals surface area contributed by atoms with Crippen molar-refractivity contribution in [1.82, 2.24) is 0 Å². The van der Waals surface area contributed by atoms with E-state index < -0.39 is 0 Å². The molecule has 1 rings (SSSR count). The van der Waals surface area contributed by atoms with Crippen LogP contribution in [-0.4, -0.2) is 13.1 Å². The van der Waals surface area contributed by atoms with E-state index in [-0.39, 0.29) is 6.04 Å². The van der Waals surface area contributed by atoms with Crippen LogP contribution in [0.2, 0.25) is 0 Å². The van der Waals surface area contributed by atoms with E-state index in [9.17, 15) is 0 Å². The normalized spacial score (nSPS) is 13.0. The Labute approximate surface area is 139 Å². The summed E-state index contributed by atoms with van der Waals surface area (Å²) in [6.45, 7) is 13.4. The Bertz CT molecular complexity index is 415. The zero-order chi connectivity index (χ0) is 16.0. The SMILES string of the molecule is CC(C)CCN(CCC(C)C)c1cc(Br)ccc1C(C)N. The van der Waals surface area contributed by atoms with Gasteiger partial charge in [-0.15, -0.1) is 0 Å². The second-order valence-electron chi connectivity index (χ2n) is 6.84. The van der Waals surface area contributed by atoms with Gasteiger partial charge in [-0.25, -0.2) is 0 Å². The maximum atomic E-state index is 6.17. The molecule has 0 amide bonds. The van der Waals surface area contributed by atoms with Crippen molar-refractivity contribution in [2.24, 2.45) is 17.6 Å². The molecular weight excluding hydrogens is 324 g/mol. The predicted molar refractivity (Wildman–Crippen MR) is 97.9 cm³/mol. The molecule has 0 aliphatic carbocycles. The fourth-order valence-electron chi connectivity index (χ4n) is 2.36. The lowest BCUT2D eigenvalue weighted by Gasteiger charge is -2.30. The van der Waals surface area contributed by atoms with Gasteiger partial charge >= 0.3 is 0 Å². The molecule has 0 spiro atoms. The molecule has 0 saturated carbocycles. The lowest BCUT2D eigenvalue weighted by Crippen LogP contribution is -2.29. The summed E-state index contributed by atoms with van der Waals surface area (Å²) in [5.41, 5.74) is 8.71. The molecule has 0 saturated heterocycles. The van der Waals surface area contributed by atoms with Crippen molar-refractivity contribution in [2.75, 3.05) is 18.0 Å². The van der Waals surface area contributed by atoms with E-state index in [0.717, 1.165) is 29.4 Å². The molecule has 3 heteroatoms. The fraction of sp³-hybridized carbons (Fsp3) is 0.667. The Morgan fingerprint density at radius 1 is 1.00 bits per heavy atom. The van der Waals surface area contributed by atoms with Crippen molar-refractivity contribution in [1.29, 1.82) is 0 Å². The number of halogens is 1. The van der Waals surface area contributed by atoms with Crippen LogP contribution in [-0.2, 0) is 0 Å². The first-order valence-corrected chi connectivity index (χ1v) is 8.90. The molecule has 0 bridgehead atoms. The molecule has 0 aliphatic rings. The molecule has 1 aromatic carbocycles. The molecule has 2 N–H and O–H groups in total. The van der Waals surface area contributed by atoms with Gasteiger partial charge in [0.25, 0.3) is 0 Å². The third-order valence-electron chi connectivity index (χ3n) is 3.78. The summed E-state index contributed by atoms with van der Waals surface area (Å²) in [5.74, 6) is 1.44. The van der Waals surface area contributed by atoms with Gasteiger partial charge in [0, 0.05) is 29.3 Å². The lowest BCUT2D eigenvalue weighted by atomic mass is 10.0. The molecule has 1 unspecified atom stereocenters. The minimum atomic E-state index is 0.0636. The topological polar surface area (TPSA) is 29.3 Å². The van der Waals surface area contributed by atoms with Crippen LogP contribution in [0.1, 0.15) is 59.1 Å². The molecule has 0 radical (unpaired) electrons. The quantitative estimate of drug-likeness (QED) is 0.679. The van der Waals surface area contributed by atoms with Crippen LogP contribution >= 0.6 is 15.9 Å². The van der Waals surface area contributed by atoms with E-state index in [2.05, 4.69) is 73.6 Å². The highest BCUT2D eigenvalue weighted by Gasteiger charge is 2.15. The maximum Gasteiger partial charge on any atom is 0.0425 e. The molecule has 0 aliphatic heterocycles. The summed E-state index contributed by atoms with van der Waals surface area (Å²) in [6, 6.07) is 6.53. The van der Waals surface area contributed by atoms with Crippen LogP contribution in [0.25, 0.3) is 0 Å². The van der Waals surface area contributed by atoms with Crippen LogP contribution in [0.15, 0.2) is 22.7 Å². The van der Waals surface area contributed by atoms with Gasteiger partial charge in [-0.05, 0) is 49.3 Å². The fourth-order valence-corrected chi connectivity index (χ4v) is 2.71. The summed E-state index contributed by atoms with van der Waals surface area (Å²) in [7, 11) is 0. The van der Waals surface area contributed by atoms with Gasteiger partial charge in [0.1, 0.15) is 0 Å². The van der Waals surface area contributed by atoms with Crippen molar-refractivity contribution in [3.05, 3.63) is 28.2 Å². The van der Waals surface area contributed by atoms with Crippen LogP contribution in [0.5, 0.6) is 0 Å². The van der Waals surface area contributed by atoms with E-state index in [0.29, 0.717) is 0 Å². The highest BCUT2D eigenvalue weighted by Crippen LogP contribution is 2.30. The van der Waals surface area contributed by atoms with Gasteiger partial charge < -0.3 is 10.6 Å². The van der Waals surface area contributed by atoms with E-state index in [1.54, 1.807) is 0 Å². The van der Waals surface area contributed by atoms with Crippen molar-refractivity contribution in [3.63, 3.8) is 0 Å². The molecule has 1 aromatic rings. The minimum Gasteiger partial charge on any atom is -0.371 e. The second-order valence-corrected chi connectivity index (χ2v) is 7.76. The summed E-state index contributed by atoms with van der Waals surface area (Å²) in [4.78, 5) is 2.52. The molecule has 0 fully saturated rings. The molecule has 0 heterocycles. The summed E-state index contributed by atoms with van der Waals surface area (Å²) >= 11 is 3.61. The van der Waals surface area contributed by atoms with Crippen molar-refractivity contribution < 1.29 is 0 Å². The van der Waals surface area contributed by atoms with Crippen LogP contribution < -0.4 is 10.6 Å². The summed E-state index contributed by atoms with van der Waals surface area (Å²) in [5, 5.41) is 0. The monoisotopic (exact) mass is 354 g/mol. The highest BCUT2D eigenvalue weighted by atomic mass is 79.9. The van der Waals surface area contributed by atoms with E-state index in [1.165, 1.54) is 24.1 Å². The summed E-state index contributed by atoms with van der Waals surface area (Å²) < 4.78 is 1.13. The Hall–Kier alpha value is -0.540. The first kappa shape index (κ1) is 18.5. The van der Waals surface area contributed by atoms with E-state index >= 15 is 0 Å². The standard InChI is InChI=1S/C18H31BrN2/c1-13(2)8-10-21(11-9-14(3)4)18-12-16(19)6-7-17(18)15(5)20/h6-7,12-15H,8-11,20H2,1-5H3. The average Bonchev–Trinajstić information content (AvgIpc) is 2.37. The Balaban J connectivity index is 3.02. The first-order chi connectivity index (χ1) is 9.81. The molecule has 21 heavy (non-hydrogen) atoms. The molecule has 2 nitrogen and oxygen atoms in total. The van der Waals surface area contributed by atoms with Gasteiger partial charge in [-0.2, -0.15) is 0 Å². The zero-order valence-electron chi connectivity index (χ0n) is 14.2. The largest absolute Gasteiger partial charge is 0.371 e. The zero-order valence-corrected chi connectivity index (χ0v) is 15.8. The number of hydrogen-bond donors (Lipinski definition) is 1. The number of benzene rings is 1. The number of rotatable bonds is 8.